The summed E-state index contributed by atoms with van der Waals surface area (Å²) in [5, 5.41) is 18.2. The Morgan fingerprint density at radius 1 is 1.50 bits per heavy atom. The van der Waals surface area contributed by atoms with Gasteiger partial charge in [-0.15, -0.1) is 0 Å². The van der Waals surface area contributed by atoms with Crippen molar-refractivity contribution >= 4 is 0 Å². The highest BCUT2D eigenvalue weighted by atomic mass is 19.4. The second-order valence-corrected chi connectivity index (χ2v) is 3.59. The molecule has 0 aliphatic rings. The fourth-order valence-electron chi connectivity index (χ4n) is 1.45. The predicted molar refractivity (Wildman–Crippen MR) is 57.0 cm³/mol. The first-order chi connectivity index (χ1) is 8.31. The number of rotatable bonds is 3. The third-order valence-electron chi connectivity index (χ3n) is 2.36. The van der Waals surface area contributed by atoms with E-state index in [1.165, 1.54) is 13.2 Å². The van der Waals surface area contributed by atoms with Crippen LogP contribution < -0.4 is 10.5 Å². The van der Waals surface area contributed by atoms with E-state index in [2.05, 4.69) is 0 Å². The summed E-state index contributed by atoms with van der Waals surface area (Å²) in [4.78, 5) is 0. The number of hydrogen-bond acceptors (Lipinski definition) is 4. The van der Waals surface area contributed by atoms with Crippen LogP contribution in [0.1, 0.15) is 17.2 Å². The second-order valence-electron chi connectivity index (χ2n) is 3.59. The second kappa shape index (κ2) is 5.14. The molecule has 3 N–H and O–H groups in total. The van der Waals surface area contributed by atoms with E-state index < -0.39 is 23.5 Å². The number of benzene rings is 1. The van der Waals surface area contributed by atoms with E-state index in [0.717, 1.165) is 6.07 Å². The van der Waals surface area contributed by atoms with Gasteiger partial charge in [0.05, 0.1) is 19.6 Å². The normalized spacial score (nSPS) is 12.9. The molecule has 0 radical (unpaired) electrons. The molecule has 1 rings (SSSR count). The molecule has 1 atom stereocenters. The number of aromatic hydroxyl groups is 1. The van der Waals surface area contributed by atoms with Crippen molar-refractivity contribution in [2.75, 3.05) is 7.11 Å². The van der Waals surface area contributed by atoms with E-state index in [-0.39, 0.29) is 12.2 Å². The molecular formula is C11H11F3N2O2. The van der Waals surface area contributed by atoms with Crippen molar-refractivity contribution in [1.29, 1.82) is 5.26 Å². The van der Waals surface area contributed by atoms with Crippen LogP contribution in [0.2, 0.25) is 0 Å². The quantitative estimate of drug-likeness (QED) is 0.871. The van der Waals surface area contributed by atoms with Gasteiger partial charge in [-0.2, -0.15) is 18.4 Å². The van der Waals surface area contributed by atoms with E-state index in [1.54, 1.807) is 6.07 Å². The number of alkyl halides is 3. The molecule has 0 saturated carbocycles. The molecule has 0 amide bonds. The zero-order valence-electron chi connectivity index (χ0n) is 9.45. The number of halogens is 3. The molecule has 0 heterocycles. The Morgan fingerprint density at radius 2 is 2.11 bits per heavy atom. The van der Waals surface area contributed by atoms with Crippen LogP contribution in [-0.4, -0.2) is 18.4 Å². The molecular weight excluding hydrogens is 249 g/mol. The molecule has 0 aliphatic heterocycles. The highest BCUT2D eigenvalue weighted by molar-refractivity contribution is 5.50. The predicted octanol–water partition coefficient (Wildman–Crippen LogP) is 2.03. The summed E-state index contributed by atoms with van der Waals surface area (Å²) in [6, 6.07) is 1.82. The Bertz CT molecular complexity index is 480. The Kier molecular flexibility index (Phi) is 4.03. The van der Waals surface area contributed by atoms with Crippen molar-refractivity contribution in [2.45, 2.75) is 18.6 Å². The van der Waals surface area contributed by atoms with Crippen molar-refractivity contribution < 1.29 is 23.0 Å². The van der Waals surface area contributed by atoms with E-state index in [0.29, 0.717) is 5.56 Å². The van der Waals surface area contributed by atoms with Crippen molar-refractivity contribution in [3.63, 3.8) is 0 Å². The largest absolute Gasteiger partial charge is 0.504 e. The van der Waals surface area contributed by atoms with Crippen molar-refractivity contribution in [3.8, 4) is 17.6 Å². The molecule has 0 saturated heterocycles. The first-order valence-electron chi connectivity index (χ1n) is 4.90. The van der Waals surface area contributed by atoms with E-state index in [9.17, 15) is 18.3 Å². The summed E-state index contributed by atoms with van der Waals surface area (Å²) in [7, 11) is 1.20. The number of phenolic OH excluding ortho intramolecular Hbond substituents is 1. The summed E-state index contributed by atoms with van der Waals surface area (Å²) < 4.78 is 42.3. The summed E-state index contributed by atoms with van der Waals surface area (Å²) in [5.41, 5.74) is 4.82. The Labute approximate surface area is 101 Å². The molecule has 1 aromatic carbocycles. The third-order valence-corrected chi connectivity index (χ3v) is 2.36. The van der Waals surface area contributed by atoms with Crippen LogP contribution in [-0.2, 0) is 6.42 Å². The third kappa shape index (κ3) is 2.84. The van der Waals surface area contributed by atoms with Crippen LogP contribution in [0.25, 0.3) is 0 Å². The molecule has 4 nitrogen and oxygen atoms in total. The van der Waals surface area contributed by atoms with Crippen LogP contribution in [0.5, 0.6) is 11.5 Å². The maximum absolute atomic E-state index is 12.5. The highest BCUT2D eigenvalue weighted by Crippen LogP contribution is 2.40. The van der Waals surface area contributed by atoms with Gasteiger partial charge in [-0.05, 0) is 17.7 Å². The SMILES string of the molecule is COc1cc(CC#N)cc([C@@H](N)C(F)(F)F)c1O. The van der Waals surface area contributed by atoms with Crippen molar-refractivity contribution in [2.24, 2.45) is 5.73 Å². The average molecular weight is 260 g/mol. The Morgan fingerprint density at radius 3 is 2.56 bits per heavy atom. The smallest absolute Gasteiger partial charge is 0.407 e. The minimum absolute atomic E-state index is 0.103. The number of hydrogen-bond donors (Lipinski definition) is 2. The molecule has 18 heavy (non-hydrogen) atoms. The van der Waals surface area contributed by atoms with Gasteiger partial charge in [0.15, 0.2) is 11.5 Å². The topological polar surface area (TPSA) is 79.3 Å². The summed E-state index contributed by atoms with van der Waals surface area (Å²) >= 11 is 0. The number of methoxy groups -OCH3 is 1. The van der Waals surface area contributed by atoms with Crippen LogP contribution in [0.4, 0.5) is 13.2 Å². The lowest BCUT2D eigenvalue weighted by molar-refractivity contribution is -0.149. The van der Waals surface area contributed by atoms with Crippen molar-refractivity contribution in [1.82, 2.24) is 0 Å². The summed E-state index contributed by atoms with van der Waals surface area (Å²) in [6.45, 7) is 0. The average Bonchev–Trinajstić information content (AvgIpc) is 2.29. The molecule has 0 spiro atoms. The van der Waals surface area contributed by atoms with E-state index in [4.69, 9.17) is 15.7 Å². The standard InChI is InChI=1S/C11H11F3N2O2/c1-18-8-5-6(2-3-15)4-7(9(8)17)10(16)11(12,13)14/h4-5,10,17H,2,16H2,1H3/t10-/m1/s1. The number of nitrogens with zero attached hydrogens (tertiary/aromatic N) is 1. The monoisotopic (exact) mass is 260 g/mol. The van der Waals surface area contributed by atoms with Crippen LogP contribution in [0.3, 0.4) is 0 Å². The van der Waals surface area contributed by atoms with Gasteiger partial charge in [0.1, 0.15) is 6.04 Å². The highest BCUT2D eigenvalue weighted by Gasteiger charge is 2.40. The van der Waals surface area contributed by atoms with E-state index in [1.807, 2.05) is 0 Å². The fourth-order valence-corrected chi connectivity index (χ4v) is 1.45. The number of phenols is 1. The van der Waals surface area contributed by atoms with Gasteiger partial charge in [-0.25, -0.2) is 0 Å². The van der Waals surface area contributed by atoms with Crippen LogP contribution in [0.15, 0.2) is 12.1 Å². The number of ether oxygens (including phenoxy) is 1. The molecule has 1 aromatic rings. The maximum Gasteiger partial charge on any atom is 0.407 e. The molecule has 0 unspecified atom stereocenters. The lowest BCUT2D eigenvalue weighted by Gasteiger charge is -2.19. The van der Waals surface area contributed by atoms with Gasteiger partial charge in [0, 0.05) is 5.56 Å². The van der Waals surface area contributed by atoms with Gasteiger partial charge >= 0.3 is 6.18 Å². The molecule has 7 heteroatoms. The van der Waals surface area contributed by atoms with Gasteiger partial charge in [-0.3, -0.25) is 0 Å². The zero-order chi connectivity index (χ0) is 13.9. The number of nitriles is 1. The zero-order valence-corrected chi connectivity index (χ0v) is 9.45. The van der Waals surface area contributed by atoms with Gasteiger partial charge in [-0.1, -0.05) is 0 Å². The first-order valence-corrected chi connectivity index (χ1v) is 4.90. The van der Waals surface area contributed by atoms with Crippen molar-refractivity contribution in [3.05, 3.63) is 23.3 Å². The van der Waals surface area contributed by atoms with Crippen LogP contribution in [0, 0.1) is 11.3 Å². The molecule has 0 aliphatic carbocycles. The molecule has 98 valence electrons. The number of nitrogens with two attached hydrogens (primary N) is 1. The Balaban J connectivity index is 3.34. The maximum atomic E-state index is 12.5. The summed E-state index contributed by atoms with van der Waals surface area (Å²) in [6.07, 6.45) is -4.79. The minimum Gasteiger partial charge on any atom is -0.504 e. The van der Waals surface area contributed by atoms with E-state index >= 15 is 0 Å². The van der Waals surface area contributed by atoms with Gasteiger partial charge < -0.3 is 15.6 Å². The summed E-state index contributed by atoms with van der Waals surface area (Å²) in [5.74, 6) is -0.804. The fraction of sp³-hybridized carbons (Fsp3) is 0.364. The molecule has 0 bridgehead atoms. The van der Waals surface area contributed by atoms with Crippen LogP contribution >= 0.6 is 0 Å². The van der Waals surface area contributed by atoms with Gasteiger partial charge in [0.25, 0.3) is 0 Å². The lowest BCUT2D eigenvalue weighted by atomic mass is 10.0. The minimum atomic E-state index is -4.69. The molecule has 0 fully saturated rings. The first kappa shape index (κ1) is 14.1. The Hall–Kier alpha value is -1.94. The lowest BCUT2D eigenvalue weighted by Crippen LogP contribution is -2.28. The molecule has 0 aromatic heterocycles. The van der Waals surface area contributed by atoms with Gasteiger partial charge in [0.2, 0.25) is 0 Å².